The molecule has 0 saturated heterocycles. The molecule has 2 aromatic heterocycles. The number of ketones is 1. The number of aliphatic hydroxyl groups excluding tert-OH is 1. The second kappa shape index (κ2) is 7.68. The van der Waals surface area contributed by atoms with Gasteiger partial charge in [-0.05, 0) is 49.6 Å². The molecule has 1 amide bonds. The minimum atomic E-state index is -3.91. The van der Waals surface area contributed by atoms with Crippen molar-refractivity contribution in [1.82, 2.24) is 4.98 Å². The quantitative estimate of drug-likeness (QED) is 0.545. The van der Waals surface area contributed by atoms with Crippen molar-refractivity contribution in [2.75, 3.05) is 4.90 Å². The van der Waals surface area contributed by atoms with E-state index in [1.54, 1.807) is 26.0 Å². The van der Waals surface area contributed by atoms with Crippen molar-refractivity contribution in [3.63, 3.8) is 0 Å². The average Bonchev–Trinajstić information content (AvgIpc) is 3.40. The first-order valence-electron chi connectivity index (χ1n) is 9.01. The van der Waals surface area contributed by atoms with Crippen molar-refractivity contribution < 1.29 is 23.1 Å². The summed E-state index contributed by atoms with van der Waals surface area (Å²) in [6, 6.07) is 8.08. The van der Waals surface area contributed by atoms with Gasteiger partial charge in [0.15, 0.2) is 5.76 Å². The Labute approximate surface area is 186 Å². The maximum absolute atomic E-state index is 13.4. The van der Waals surface area contributed by atoms with Crippen molar-refractivity contribution >= 4 is 50.1 Å². The molecule has 0 saturated carbocycles. The summed E-state index contributed by atoms with van der Waals surface area (Å²) in [5.41, 5.74) is 0.818. The van der Waals surface area contributed by atoms with Crippen molar-refractivity contribution in [2.45, 2.75) is 24.8 Å². The van der Waals surface area contributed by atoms with E-state index in [2.05, 4.69) is 4.98 Å². The predicted molar refractivity (Wildman–Crippen MR) is 118 cm³/mol. The summed E-state index contributed by atoms with van der Waals surface area (Å²) in [5, 5.41) is 18.4. The zero-order valence-corrected chi connectivity index (χ0v) is 18.8. The van der Waals surface area contributed by atoms with E-state index < -0.39 is 33.5 Å². The van der Waals surface area contributed by atoms with E-state index in [0.717, 1.165) is 0 Å². The van der Waals surface area contributed by atoms with E-state index in [0.29, 0.717) is 26.1 Å². The second-order valence-electron chi connectivity index (χ2n) is 6.87. The van der Waals surface area contributed by atoms with Crippen molar-refractivity contribution in [1.29, 1.82) is 0 Å². The lowest BCUT2D eigenvalue weighted by Crippen LogP contribution is -2.30. The Kier molecular flexibility index (Phi) is 5.30. The van der Waals surface area contributed by atoms with E-state index in [1.807, 2.05) is 5.38 Å². The highest BCUT2D eigenvalue weighted by molar-refractivity contribution is 7.89. The number of rotatable bonds is 5. The van der Waals surface area contributed by atoms with Crippen LogP contribution in [0.1, 0.15) is 31.3 Å². The molecule has 8 nitrogen and oxygen atoms in total. The van der Waals surface area contributed by atoms with Crippen molar-refractivity contribution in [3.8, 4) is 0 Å². The summed E-state index contributed by atoms with van der Waals surface area (Å²) in [5.74, 6) is -1.84. The Hall–Kier alpha value is -2.86. The van der Waals surface area contributed by atoms with Crippen molar-refractivity contribution in [3.05, 3.63) is 73.6 Å². The van der Waals surface area contributed by atoms with Gasteiger partial charge in [-0.25, -0.2) is 18.5 Å². The molecule has 1 aliphatic rings. The number of nitrogens with zero attached hydrogens (tertiary/aromatic N) is 2. The van der Waals surface area contributed by atoms with Crippen LogP contribution in [0.15, 0.2) is 58.0 Å². The average molecular weight is 476 g/mol. The minimum absolute atomic E-state index is 0.0327. The normalized spacial score (nSPS) is 16.9. The summed E-state index contributed by atoms with van der Waals surface area (Å²) < 4.78 is 23.1. The lowest BCUT2D eigenvalue weighted by molar-refractivity contribution is -0.117. The number of amides is 1. The number of aryl methyl sites for hydroxylation is 2. The van der Waals surface area contributed by atoms with Crippen LogP contribution in [0.5, 0.6) is 0 Å². The third-order valence-corrected chi connectivity index (χ3v) is 7.74. The van der Waals surface area contributed by atoms with Gasteiger partial charge < -0.3 is 5.11 Å². The second-order valence-corrected chi connectivity index (χ2v) is 10.6. The molecular formula is C20H17N3O5S3. The van der Waals surface area contributed by atoms with Crippen LogP contribution in [0.4, 0.5) is 5.69 Å². The number of carbonyl (C=O) groups is 2. The maximum atomic E-state index is 13.4. The molecule has 0 radical (unpaired) electrons. The Morgan fingerprint density at radius 3 is 2.39 bits per heavy atom. The van der Waals surface area contributed by atoms with E-state index in [4.69, 9.17) is 5.14 Å². The Morgan fingerprint density at radius 2 is 1.87 bits per heavy atom. The molecule has 3 heterocycles. The number of thiophene rings is 1. The van der Waals surface area contributed by atoms with Gasteiger partial charge in [0.25, 0.3) is 5.91 Å². The summed E-state index contributed by atoms with van der Waals surface area (Å²) >= 11 is 2.54. The number of sulfonamides is 1. The standard InChI is InChI=1S/C20H17N3O5S3/c1-10-19(30-11(2)22-10)17(24)15-16(14-4-3-9-29-14)23(20(26)18(15)25)12-5-7-13(8-6-12)31(21,27)28/h3-9,16,25H,1-2H3,(H2,21,27,28). The van der Waals surface area contributed by atoms with Crippen LogP contribution in [-0.2, 0) is 14.8 Å². The van der Waals surface area contributed by atoms with Gasteiger partial charge in [-0.1, -0.05) is 6.07 Å². The first kappa shape index (κ1) is 21.4. The Bertz CT molecular complexity index is 1320. The number of anilines is 1. The molecular weight excluding hydrogens is 458 g/mol. The monoisotopic (exact) mass is 475 g/mol. The maximum Gasteiger partial charge on any atom is 0.294 e. The number of hydrogen-bond acceptors (Lipinski definition) is 8. The number of aliphatic hydroxyl groups is 1. The number of primary sulfonamides is 1. The molecule has 1 atom stereocenters. The molecule has 1 unspecified atom stereocenters. The van der Waals surface area contributed by atoms with Crippen LogP contribution in [0, 0.1) is 13.8 Å². The fraction of sp³-hybridized carbons (Fsp3) is 0.150. The molecule has 11 heteroatoms. The first-order chi connectivity index (χ1) is 14.6. The highest BCUT2D eigenvalue weighted by Crippen LogP contribution is 2.44. The van der Waals surface area contributed by atoms with E-state index in [9.17, 15) is 23.1 Å². The molecule has 0 aliphatic carbocycles. The van der Waals surface area contributed by atoms with Gasteiger partial charge in [0.1, 0.15) is 6.04 Å². The number of carbonyl (C=O) groups excluding carboxylic acids is 2. The smallest absolute Gasteiger partial charge is 0.294 e. The van der Waals surface area contributed by atoms with Crippen LogP contribution >= 0.6 is 22.7 Å². The molecule has 1 aliphatic heterocycles. The number of Topliss-reactive ketones (excluding diaryl/α,β-unsaturated/α-hetero) is 1. The summed E-state index contributed by atoms with van der Waals surface area (Å²) in [4.78, 5) is 32.9. The summed E-state index contributed by atoms with van der Waals surface area (Å²) in [6.07, 6.45) is 0. The fourth-order valence-corrected chi connectivity index (χ4v) is 5.69. The fourth-order valence-electron chi connectivity index (χ4n) is 3.48. The highest BCUT2D eigenvalue weighted by atomic mass is 32.2. The zero-order chi connectivity index (χ0) is 22.5. The van der Waals surface area contributed by atoms with Crippen molar-refractivity contribution in [2.24, 2.45) is 5.14 Å². The molecule has 31 heavy (non-hydrogen) atoms. The third-order valence-electron chi connectivity index (χ3n) is 4.82. The van der Waals surface area contributed by atoms with Gasteiger partial charge >= 0.3 is 0 Å². The molecule has 160 valence electrons. The molecule has 4 rings (SSSR count). The van der Waals surface area contributed by atoms with Crippen LogP contribution in [-0.4, -0.2) is 30.2 Å². The number of thiazole rings is 1. The van der Waals surface area contributed by atoms with E-state index in [1.165, 1.54) is 51.8 Å². The Balaban J connectivity index is 1.84. The van der Waals surface area contributed by atoms with Crippen LogP contribution < -0.4 is 10.0 Å². The molecule has 0 fully saturated rings. The van der Waals surface area contributed by atoms with E-state index >= 15 is 0 Å². The SMILES string of the molecule is Cc1nc(C)c(C(=O)C2=C(O)C(=O)N(c3ccc(S(N)(=O)=O)cc3)C2c2cccs2)s1. The van der Waals surface area contributed by atoms with Gasteiger partial charge in [-0.15, -0.1) is 22.7 Å². The zero-order valence-electron chi connectivity index (χ0n) is 16.4. The topological polar surface area (TPSA) is 131 Å². The third kappa shape index (κ3) is 3.69. The molecule has 3 N–H and O–H groups in total. The first-order valence-corrected chi connectivity index (χ1v) is 12.3. The van der Waals surface area contributed by atoms with Crippen LogP contribution in [0.25, 0.3) is 0 Å². The molecule has 0 bridgehead atoms. The number of nitrogens with two attached hydrogens (primary N) is 1. The van der Waals surface area contributed by atoms with Gasteiger partial charge in [-0.3, -0.25) is 14.5 Å². The number of hydrogen-bond donors (Lipinski definition) is 2. The summed E-state index contributed by atoms with van der Waals surface area (Å²) in [7, 11) is -3.91. The van der Waals surface area contributed by atoms with Gasteiger partial charge in [0.05, 0.1) is 26.0 Å². The summed E-state index contributed by atoms with van der Waals surface area (Å²) in [6.45, 7) is 3.48. The van der Waals surface area contributed by atoms with E-state index in [-0.39, 0.29) is 10.5 Å². The van der Waals surface area contributed by atoms with Gasteiger partial charge in [0.2, 0.25) is 15.8 Å². The van der Waals surface area contributed by atoms with Crippen LogP contribution in [0.2, 0.25) is 0 Å². The number of benzene rings is 1. The van der Waals surface area contributed by atoms with Gasteiger partial charge in [-0.2, -0.15) is 0 Å². The lowest BCUT2D eigenvalue weighted by atomic mass is 10.00. The molecule has 0 spiro atoms. The minimum Gasteiger partial charge on any atom is -0.503 e. The number of aromatic nitrogens is 1. The van der Waals surface area contributed by atoms with Crippen LogP contribution in [0.3, 0.4) is 0 Å². The van der Waals surface area contributed by atoms with Gasteiger partial charge in [0, 0.05) is 10.6 Å². The lowest BCUT2D eigenvalue weighted by Gasteiger charge is -2.25. The largest absolute Gasteiger partial charge is 0.503 e. The Morgan fingerprint density at radius 1 is 1.19 bits per heavy atom. The highest BCUT2D eigenvalue weighted by Gasteiger charge is 2.45. The predicted octanol–water partition coefficient (Wildman–Crippen LogP) is 3.25. The molecule has 1 aromatic carbocycles. The molecule has 3 aromatic rings.